The van der Waals surface area contributed by atoms with Crippen molar-refractivity contribution in [3.8, 4) is 5.75 Å². The average molecular weight is 467 g/mol. The summed E-state index contributed by atoms with van der Waals surface area (Å²) in [6.07, 6.45) is -0.447. The van der Waals surface area contributed by atoms with Crippen molar-refractivity contribution in [2.75, 3.05) is 13.7 Å². The first-order chi connectivity index (χ1) is 15.6. The van der Waals surface area contributed by atoms with Crippen molar-refractivity contribution in [3.05, 3.63) is 47.4 Å². The Labute approximate surface area is 186 Å². The smallest absolute Gasteiger partial charge is 0.490 e. The molecule has 5 N–H and O–H groups in total. The normalized spacial score (nSPS) is 15.4. The molecular formula is C21H24F3N5O4. The SMILES string of the molecule is COc1cccc2c(CCNC(=O)c3cc4n(n3)CCCC4N)c[nH]c12.O=C(O)C(F)(F)F. The molecule has 0 aliphatic carbocycles. The van der Waals surface area contributed by atoms with Crippen LogP contribution in [0.4, 0.5) is 13.2 Å². The van der Waals surface area contributed by atoms with Gasteiger partial charge in [-0.25, -0.2) is 4.79 Å². The number of nitrogens with zero attached hydrogens (tertiary/aromatic N) is 2. The van der Waals surface area contributed by atoms with E-state index in [9.17, 15) is 18.0 Å². The molecule has 3 aromatic rings. The first kappa shape index (κ1) is 24.1. The zero-order valence-corrected chi connectivity index (χ0v) is 17.8. The summed E-state index contributed by atoms with van der Waals surface area (Å²) in [4.78, 5) is 24.5. The summed E-state index contributed by atoms with van der Waals surface area (Å²) in [5, 5.41) is 15.6. The third-order valence-corrected chi connectivity index (χ3v) is 5.21. The van der Waals surface area contributed by atoms with Crippen molar-refractivity contribution in [3.63, 3.8) is 0 Å². The molecule has 0 saturated heterocycles. The summed E-state index contributed by atoms with van der Waals surface area (Å²) in [6.45, 7) is 1.37. The fraction of sp³-hybridized carbons (Fsp3) is 0.381. The van der Waals surface area contributed by atoms with E-state index in [1.807, 2.05) is 29.1 Å². The van der Waals surface area contributed by atoms with E-state index in [-0.39, 0.29) is 11.9 Å². The number of ether oxygens (including phenoxy) is 1. The van der Waals surface area contributed by atoms with Gasteiger partial charge in [-0.05, 0) is 37.0 Å². The molecule has 1 atom stereocenters. The zero-order valence-electron chi connectivity index (χ0n) is 17.8. The molecule has 4 rings (SSSR count). The van der Waals surface area contributed by atoms with Gasteiger partial charge in [0.25, 0.3) is 5.91 Å². The quantitative estimate of drug-likeness (QED) is 0.456. The Kier molecular flexibility index (Phi) is 7.26. The third-order valence-electron chi connectivity index (χ3n) is 5.21. The van der Waals surface area contributed by atoms with Gasteiger partial charge >= 0.3 is 12.1 Å². The number of aryl methyl sites for hydroxylation is 1. The summed E-state index contributed by atoms with van der Waals surface area (Å²) in [5.74, 6) is -2.10. The number of para-hydroxylation sites is 1. The number of halogens is 3. The first-order valence-electron chi connectivity index (χ1n) is 10.2. The summed E-state index contributed by atoms with van der Waals surface area (Å²) in [7, 11) is 1.66. The Bertz CT molecular complexity index is 1140. The number of carboxylic acids is 1. The van der Waals surface area contributed by atoms with Gasteiger partial charge in [-0.2, -0.15) is 18.3 Å². The van der Waals surface area contributed by atoms with Gasteiger partial charge in [0.1, 0.15) is 5.75 Å². The number of aliphatic carboxylic acids is 1. The standard InChI is InChI=1S/C19H23N5O2.C2HF3O2/c1-26-17-6-2-4-13-12(11-22-18(13)17)7-8-21-19(25)15-10-16-14(20)5-3-9-24(16)23-15;3-2(4,5)1(6)7/h2,4,6,10-11,14,22H,3,5,7-9,20H2,1H3,(H,21,25);(H,6,7). The number of rotatable bonds is 5. The maximum atomic E-state index is 12.4. The van der Waals surface area contributed by atoms with Crippen LogP contribution in [-0.4, -0.2) is 51.6 Å². The highest BCUT2D eigenvalue weighted by molar-refractivity contribution is 5.92. The van der Waals surface area contributed by atoms with E-state index >= 15 is 0 Å². The van der Waals surface area contributed by atoms with Crippen LogP contribution in [0.2, 0.25) is 0 Å². The van der Waals surface area contributed by atoms with Crippen molar-refractivity contribution in [1.82, 2.24) is 20.1 Å². The van der Waals surface area contributed by atoms with E-state index in [0.29, 0.717) is 12.2 Å². The van der Waals surface area contributed by atoms with Crippen LogP contribution in [0.15, 0.2) is 30.5 Å². The Morgan fingerprint density at radius 1 is 1.39 bits per heavy atom. The van der Waals surface area contributed by atoms with Crippen molar-refractivity contribution < 1.29 is 32.6 Å². The number of alkyl halides is 3. The molecule has 0 fully saturated rings. The number of amides is 1. The summed E-state index contributed by atoms with van der Waals surface area (Å²) >= 11 is 0. The van der Waals surface area contributed by atoms with Crippen LogP contribution < -0.4 is 15.8 Å². The Morgan fingerprint density at radius 3 is 2.76 bits per heavy atom. The van der Waals surface area contributed by atoms with E-state index in [2.05, 4.69) is 21.5 Å². The van der Waals surface area contributed by atoms with Crippen molar-refractivity contribution in [2.45, 2.75) is 38.0 Å². The van der Waals surface area contributed by atoms with Crippen LogP contribution in [-0.2, 0) is 17.8 Å². The number of aromatic nitrogens is 3. The minimum atomic E-state index is -5.08. The number of aromatic amines is 1. The summed E-state index contributed by atoms with van der Waals surface area (Å²) < 4.78 is 39.0. The average Bonchev–Trinajstić information content (AvgIpc) is 3.39. The van der Waals surface area contributed by atoms with Gasteiger partial charge in [0.05, 0.1) is 18.3 Å². The number of H-pyrrole nitrogens is 1. The van der Waals surface area contributed by atoms with E-state index in [0.717, 1.165) is 53.7 Å². The summed E-state index contributed by atoms with van der Waals surface area (Å²) in [5.41, 5.74) is 9.61. The first-order valence-corrected chi connectivity index (χ1v) is 10.2. The second-order valence-corrected chi connectivity index (χ2v) is 7.43. The number of hydrogen-bond donors (Lipinski definition) is 4. The maximum absolute atomic E-state index is 12.4. The molecule has 0 radical (unpaired) electrons. The van der Waals surface area contributed by atoms with Gasteiger partial charge < -0.3 is 25.9 Å². The van der Waals surface area contributed by atoms with E-state index in [4.69, 9.17) is 20.4 Å². The lowest BCUT2D eigenvalue weighted by Crippen LogP contribution is -2.26. The molecule has 2 aromatic heterocycles. The molecule has 0 spiro atoms. The monoisotopic (exact) mass is 467 g/mol. The maximum Gasteiger partial charge on any atom is 0.490 e. The lowest BCUT2D eigenvalue weighted by molar-refractivity contribution is -0.192. The van der Waals surface area contributed by atoms with Gasteiger partial charge in [0.2, 0.25) is 0 Å². The zero-order chi connectivity index (χ0) is 24.2. The highest BCUT2D eigenvalue weighted by Gasteiger charge is 2.38. The van der Waals surface area contributed by atoms with E-state index < -0.39 is 12.1 Å². The predicted molar refractivity (Wildman–Crippen MR) is 113 cm³/mol. The lowest BCUT2D eigenvalue weighted by Gasteiger charge is -2.19. The predicted octanol–water partition coefficient (Wildman–Crippen LogP) is 2.77. The van der Waals surface area contributed by atoms with Crippen molar-refractivity contribution in [1.29, 1.82) is 0 Å². The molecule has 1 unspecified atom stereocenters. The number of benzene rings is 1. The van der Waals surface area contributed by atoms with Crippen LogP contribution in [0, 0.1) is 0 Å². The molecule has 3 heterocycles. The third kappa shape index (κ3) is 5.64. The Morgan fingerprint density at radius 2 is 2.12 bits per heavy atom. The van der Waals surface area contributed by atoms with Gasteiger partial charge in [-0.1, -0.05) is 12.1 Å². The van der Waals surface area contributed by atoms with Gasteiger partial charge in [0.15, 0.2) is 5.69 Å². The molecule has 1 amide bonds. The second kappa shape index (κ2) is 9.94. The molecule has 33 heavy (non-hydrogen) atoms. The number of nitrogens with one attached hydrogen (secondary N) is 2. The van der Waals surface area contributed by atoms with Gasteiger partial charge in [0, 0.05) is 30.7 Å². The number of nitrogens with two attached hydrogens (primary N) is 1. The fourth-order valence-corrected chi connectivity index (χ4v) is 3.59. The van der Waals surface area contributed by atoms with Gasteiger partial charge in [-0.3, -0.25) is 9.48 Å². The Balaban J connectivity index is 0.000000383. The molecule has 0 bridgehead atoms. The molecule has 178 valence electrons. The minimum absolute atomic E-state index is 0.0287. The van der Waals surface area contributed by atoms with E-state index in [1.54, 1.807) is 7.11 Å². The molecule has 1 aromatic carbocycles. The van der Waals surface area contributed by atoms with Crippen LogP contribution in [0.3, 0.4) is 0 Å². The van der Waals surface area contributed by atoms with Gasteiger partial charge in [-0.15, -0.1) is 0 Å². The molecule has 9 nitrogen and oxygen atoms in total. The van der Waals surface area contributed by atoms with Crippen LogP contribution >= 0.6 is 0 Å². The number of carboxylic acid groups (broad SMARTS) is 1. The van der Waals surface area contributed by atoms with E-state index in [1.165, 1.54) is 0 Å². The van der Waals surface area contributed by atoms with Crippen LogP contribution in [0.1, 0.15) is 40.6 Å². The topological polar surface area (TPSA) is 135 Å². The highest BCUT2D eigenvalue weighted by Crippen LogP contribution is 2.27. The minimum Gasteiger partial charge on any atom is -0.495 e. The molecular weight excluding hydrogens is 443 g/mol. The molecule has 0 saturated carbocycles. The van der Waals surface area contributed by atoms with Crippen LogP contribution in [0.25, 0.3) is 10.9 Å². The molecule has 1 aliphatic heterocycles. The number of hydrogen-bond acceptors (Lipinski definition) is 5. The highest BCUT2D eigenvalue weighted by atomic mass is 19.4. The number of carbonyl (C=O) groups excluding carboxylic acids is 1. The largest absolute Gasteiger partial charge is 0.495 e. The number of fused-ring (bicyclic) bond motifs is 2. The Hall–Kier alpha value is -3.54. The fourth-order valence-electron chi connectivity index (χ4n) is 3.59. The number of carbonyl (C=O) groups is 2. The van der Waals surface area contributed by atoms with Crippen molar-refractivity contribution >= 4 is 22.8 Å². The van der Waals surface area contributed by atoms with Crippen LogP contribution in [0.5, 0.6) is 5.75 Å². The lowest BCUT2D eigenvalue weighted by atomic mass is 10.1. The summed E-state index contributed by atoms with van der Waals surface area (Å²) in [6, 6.07) is 7.73. The molecule has 12 heteroatoms. The second-order valence-electron chi connectivity index (χ2n) is 7.43. The van der Waals surface area contributed by atoms with Crippen molar-refractivity contribution in [2.24, 2.45) is 5.73 Å². The number of methoxy groups -OCH3 is 1. The molecule has 1 aliphatic rings.